The van der Waals surface area contributed by atoms with Gasteiger partial charge in [-0.3, -0.25) is 4.79 Å². The first-order valence-corrected chi connectivity index (χ1v) is 7.98. The minimum atomic E-state index is -4.62. The topological polar surface area (TPSA) is 78.2 Å². The Morgan fingerprint density at radius 3 is 2.32 bits per heavy atom. The van der Waals surface area contributed by atoms with Crippen LogP contribution in [0.1, 0.15) is 18.9 Å². The molecule has 1 atom stereocenters. The fraction of sp³-hybridized carbons (Fsp3) is 0.429. The van der Waals surface area contributed by atoms with Crippen molar-refractivity contribution in [2.24, 2.45) is 0 Å². The molecular weight excluding hydrogens is 314 g/mol. The van der Waals surface area contributed by atoms with Crippen LogP contribution >= 0.6 is 0 Å². The van der Waals surface area contributed by atoms with Gasteiger partial charge in [-0.05, 0) is 24.6 Å². The van der Waals surface area contributed by atoms with Gasteiger partial charge in [0.15, 0.2) is 0 Å². The van der Waals surface area contributed by atoms with Crippen molar-refractivity contribution in [1.82, 2.24) is 4.90 Å². The number of hydrogen-bond acceptors (Lipinski definition) is 4. The third-order valence-corrected chi connectivity index (χ3v) is 4.68. The number of alkyl halides is 2. The van der Waals surface area contributed by atoms with E-state index in [2.05, 4.69) is 0 Å². The van der Waals surface area contributed by atoms with E-state index in [1.54, 1.807) is 14.0 Å². The van der Waals surface area contributed by atoms with E-state index in [1.165, 1.54) is 17.0 Å². The number of likely N-dealkylation sites (N-methyl/N-ethyl adjacent to an activating group) is 1. The van der Waals surface area contributed by atoms with E-state index in [9.17, 15) is 22.0 Å². The molecule has 5 nitrogen and oxygen atoms in total. The van der Waals surface area contributed by atoms with Crippen molar-refractivity contribution < 1.29 is 22.0 Å². The highest BCUT2D eigenvalue weighted by Crippen LogP contribution is 2.19. The van der Waals surface area contributed by atoms with E-state index in [4.69, 9.17) is 5.26 Å². The molecule has 0 N–H and O–H groups in total. The highest BCUT2D eigenvalue weighted by molar-refractivity contribution is 7.91. The Morgan fingerprint density at radius 2 is 1.86 bits per heavy atom. The van der Waals surface area contributed by atoms with Crippen LogP contribution in [0.25, 0.3) is 0 Å². The molecule has 0 saturated heterocycles. The van der Waals surface area contributed by atoms with Crippen molar-refractivity contribution in [3.63, 3.8) is 0 Å². The van der Waals surface area contributed by atoms with Gasteiger partial charge < -0.3 is 4.90 Å². The van der Waals surface area contributed by atoms with Crippen molar-refractivity contribution in [1.29, 1.82) is 5.26 Å². The van der Waals surface area contributed by atoms with Gasteiger partial charge in [0.1, 0.15) is 0 Å². The van der Waals surface area contributed by atoms with Crippen LogP contribution in [0.3, 0.4) is 0 Å². The molecule has 0 fully saturated rings. The molecule has 0 aromatic heterocycles. The SMILES string of the molecule is C[C@H](CC#N)N(C)C(=O)Cc1ccc(S(=O)(=O)C(F)F)cc1. The average molecular weight is 330 g/mol. The molecule has 1 aromatic carbocycles. The third-order valence-electron chi connectivity index (χ3n) is 3.28. The highest BCUT2D eigenvalue weighted by atomic mass is 32.2. The lowest BCUT2D eigenvalue weighted by Crippen LogP contribution is -2.35. The van der Waals surface area contributed by atoms with Crippen molar-refractivity contribution in [2.45, 2.75) is 36.5 Å². The molecule has 0 spiro atoms. The Balaban J connectivity index is 2.81. The Bertz CT molecular complexity index is 666. The standard InChI is InChI=1S/C14H16F2N2O3S/c1-10(7-8-17)18(2)13(19)9-11-3-5-12(6-4-11)22(20,21)14(15)16/h3-6,10,14H,7,9H2,1-2H3/t10-/m1/s1. The van der Waals surface area contributed by atoms with Crippen LogP contribution in [0.2, 0.25) is 0 Å². The molecule has 8 heteroatoms. The quantitative estimate of drug-likeness (QED) is 0.799. The number of sulfone groups is 1. The molecule has 0 heterocycles. The lowest BCUT2D eigenvalue weighted by atomic mass is 10.1. The lowest BCUT2D eigenvalue weighted by Gasteiger charge is -2.23. The van der Waals surface area contributed by atoms with Crippen molar-refractivity contribution in [3.05, 3.63) is 29.8 Å². The Hall–Kier alpha value is -2.01. The van der Waals surface area contributed by atoms with Crippen LogP contribution in [0.15, 0.2) is 29.2 Å². The van der Waals surface area contributed by atoms with E-state index in [-0.39, 0.29) is 24.8 Å². The smallest absolute Gasteiger partial charge is 0.341 e. The molecule has 1 aromatic rings. The van der Waals surface area contributed by atoms with Gasteiger partial charge in [0.05, 0.1) is 23.8 Å². The molecule has 0 aliphatic carbocycles. The fourth-order valence-electron chi connectivity index (χ4n) is 1.71. The Morgan fingerprint density at radius 1 is 1.32 bits per heavy atom. The molecule has 0 bridgehead atoms. The summed E-state index contributed by atoms with van der Waals surface area (Å²) in [5, 5.41) is 8.60. The number of carbonyl (C=O) groups excluding carboxylic acids is 1. The van der Waals surface area contributed by atoms with E-state index in [0.29, 0.717) is 5.56 Å². The minimum absolute atomic E-state index is 0.00126. The summed E-state index contributed by atoms with van der Waals surface area (Å²) < 4.78 is 47.4. The van der Waals surface area contributed by atoms with Gasteiger partial charge in [-0.15, -0.1) is 0 Å². The number of hydrogen-bond donors (Lipinski definition) is 0. The second-order valence-corrected chi connectivity index (χ2v) is 6.76. The molecule has 0 saturated carbocycles. The highest BCUT2D eigenvalue weighted by Gasteiger charge is 2.26. The monoisotopic (exact) mass is 330 g/mol. The normalized spacial score (nSPS) is 12.7. The molecule has 1 rings (SSSR count). The molecule has 0 radical (unpaired) electrons. The van der Waals surface area contributed by atoms with E-state index >= 15 is 0 Å². The lowest BCUT2D eigenvalue weighted by molar-refractivity contribution is -0.130. The number of nitriles is 1. The van der Waals surface area contributed by atoms with Gasteiger partial charge >= 0.3 is 5.76 Å². The Labute approximate surface area is 128 Å². The zero-order chi connectivity index (χ0) is 16.9. The summed E-state index contributed by atoms with van der Waals surface area (Å²) in [5.41, 5.74) is 0.509. The summed E-state index contributed by atoms with van der Waals surface area (Å²) in [5.74, 6) is -3.72. The van der Waals surface area contributed by atoms with Crippen molar-refractivity contribution >= 4 is 15.7 Å². The van der Waals surface area contributed by atoms with Crippen LogP contribution in [0, 0.1) is 11.3 Å². The van der Waals surface area contributed by atoms with Crippen molar-refractivity contribution in [2.75, 3.05) is 7.05 Å². The first-order chi connectivity index (χ1) is 10.2. The summed E-state index contributed by atoms with van der Waals surface area (Å²) in [6, 6.07) is 6.51. The van der Waals surface area contributed by atoms with Crippen molar-refractivity contribution in [3.8, 4) is 6.07 Å². The first kappa shape index (κ1) is 18.0. The number of halogens is 2. The largest absolute Gasteiger partial charge is 0.342 e. The molecule has 0 aliphatic rings. The molecule has 1 amide bonds. The zero-order valence-electron chi connectivity index (χ0n) is 12.2. The molecular formula is C14H16F2N2O3S. The zero-order valence-corrected chi connectivity index (χ0v) is 13.0. The minimum Gasteiger partial charge on any atom is -0.342 e. The molecule has 120 valence electrons. The molecule has 0 unspecified atom stereocenters. The van der Waals surface area contributed by atoms with E-state index in [1.807, 2.05) is 6.07 Å². The third kappa shape index (κ3) is 4.24. The van der Waals surface area contributed by atoms with Crippen LogP contribution in [-0.4, -0.2) is 38.1 Å². The van der Waals surface area contributed by atoms with Crippen LogP contribution < -0.4 is 0 Å². The number of nitrogens with zero attached hydrogens (tertiary/aromatic N) is 2. The maximum Gasteiger partial charge on any atom is 0.341 e. The summed E-state index contributed by atoms with van der Waals surface area (Å²) in [7, 11) is -3.05. The summed E-state index contributed by atoms with van der Waals surface area (Å²) >= 11 is 0. The van der Waals surface area contributed by atoms with Gasteiger partial charge in [-0.1, -0.05) is 12.1 Å². The Kier molecular flexibility index (Phi) is 6.00. The van der Waals surface area contributed by atoms with Gasteiger partial charge in [-0.2, -0.15) is 14.0 Å². The van der Waals surface area contributed by atoms with E-state index in [0.717, 1.165) is 12.1 Å². The summed E-state index contributed by atoms with van der Waals surface area (Å²) in [6.45, 7) is 1.74. The predicted molar refractivity (Wildman–Crippen MR) is 75.8 cm³/mol. The number of amides is 1. The van der Waals surface area contributed by atoms with Crippen LogP contribution in [0.4, 0.5) is 8.78 Å². The molecule has 22 heavy (non-hydrogen) atoms. The van der Waals surface area contributed by atoms with Gasteiger partial charge in [0.25, 0.3) is 0 Å². The predicted octanol–water partition coefficient (Wildman–Crippen LogP) is 1.99. The van der Waals surface area contributed by atoms with Gasteiger partial charge in [0, 0.05) is 13.1 Å². The van der Waals surface area contributed by atoms with E-state index < -0.39 is 20.5 Å². The van der Waals surface area contributed by atoms with Crippen LogP contribution in [-0.2, 0) is 21.1 Å². The number of carbonyl (C=O) groups is 1. The van der Waals surface area contributed by atoms with Gasteiger partial charge in [0.2, 0.25) is 15.7 Å². The molecule has 0 aliphatic heterocycles. The maximum absolute atomic E-state index is 12.4. The maximum atomic E-state index is 12.4. The summed E-state index contributed by atoms with van der Waals surface area (Å²) in [6.07, 6.45) is 0.203. The summed E-state index contributed by atoms with van der Waals surface area (Å²) in [4.78, 5) is 12.9. The number of rotatable bonds is 6. The number of benzene rings is 1. The first-order valence-electron chi connectivity index (χ1n) is 6.43. The van der Waals surface area contributed by atoms with Crippen LogP contribution in [0.5, 0.6) is 0 Å². The van der Waals surface area contributed by atoms with Gasteiger partial charge in [-0.25, -0.2) is 8.42 Å². The fourth-order valence-corrected chi connectivity index (χ4v) is 2.44. The second-order valence-electron chi connectivity index (χ2n) is 4.84. The average Bonchev–Trinajstić information content (AvgIpc) is 2.47. The second kappa shape index (κ2) is 7.31.